The first-order chi connectivity index (χ1) is 9.79. The van der Waals surface area contributed by atoms with Crippen molar-refractivity contribution in [2.75, 3.05) is 26.2 Å². The van der Waals surface area contributed by atoms with Gasteiger partial charge in [0.25, 0.3) is 0 Å². The van der Waals surface area contributed by atoms with Crippen LogP contribution >= 0.6 is 0 Å². The van der Waals surface area contributed by atoms with Crippen LogP contribution in [0.1, 0.15) is 18.8 Å². The number of hydrogen-bond acceptors (Lipinski definition) is 3. The molecular weight excluding hydrogens is 254 g/mol. The molecule has 0 aliphatic carbocycles. The van der Waals surface area contributed by atoms with Gasteiger partial charge in [-0.15, -0.1) is 0 Å². The van der Waals surface area contributed by atoms with Gasteiger partial charge in [-0.2, -0.15) is 0 Å². The van der Waals surface area contributed by atoms with Gasteiger partial charge in [-0.1, -0.05) is 12.1 Å². The number of H-pyrrole nitrogens is 1. The number of fused-ring (bicyclic) bond motifs is 1. The van der Waals surface area contributed by atoms with E-state index in [-0.39, 0.29) is 12.1 Å². The number of para-hydroxylation sites is 2. The van der Waals surface area contributed by atoms with Gasteiger partial charge < -0.3 is 20.5 Å². The largest absolute Gasteiger partial charge is 0.340 e. The highest BCUT2D eigenvalue weighted by Crippen LogP contribution is 2.22. The summed E-state index contributed by atoms with van der Waals surface area (Å²) in [6.07, 6.45) is 0. The predicted octanol–water partition coefficient (Wildman–Crippen LogP) is 1.24. The zero-order chi connectivity index (χ0) is 13.9. The molecule has 6 nitrogen and oxygen atoms in total. The van der Waals surface area contributed by atoms with Gasteiger partial charge in [0.15, 0.2) is 0 Å². The highest BCUT2D eigenvalue weighted by atomic mass is 16.2. The maximum absolute atomic E-state index is 12.1. The number of aromatic nitrogens is 2. The number of benzene rings is 1. The maximum atomic E-state index is 12.1. The molecule has 1 aromatic carbocycles. The van der Waals surface area contributed by atoms with Gasteiger partial charge >= 0.3 is 6.03 Å². The minimum absolute atomic E-state index is 0.0283. The molecule has 3 rings (SSSR count). The molecule has 2 amide bonds. The molecule has 1 aromatic heterocycles. The van der Waals surface area contributed by atoms with Crippen molar-refractivity contribution in [2.24, 2.45) is 0 Å². The van der Waals surface area contributed by atoms with Crippen LogP contribution in [0.4, 0.5) is 4.79 Å². The van der Waals surface area contributed by atoms with Crippen LogP contribution in [0, 0.1) is 0 Å². The van der Waals surface area contributed by atoms with Crippen LogP contribution in [0.15, 0.2) is 24.3 Å². The van der Waals surface area contributed by atoms with Crippen LogP contribution in [0.25, 0.3) is 11.0 Å². The number of piperazine rings is 1. The molecule has 0 radical (unpaired) electrons. The summed E-state index contributed by atoms with van der Waals surface area (Å²) in [5.41, 5.74) is 1.94. The molecule has 2 aromatic rings. The molecule has 1 saturated heterocycles. The average molecular weight is 273 g/mol. The van der Waals surface area contributed by atoms with Gasteiger partial charge in [-0.05, 0) is 19.1 Å². The Labute approximate surface area is 117 Å². The van der Waals surface area contributed by atoms with E-state index in [0.29, 0.717) is 13.1 Å². The van der Waals surface area contributed by atoms with Crippen molar-refractivity contribution >= 4 is 17.1 Å². The number of carbonyl (C=O) groups excluding carboxylic acids is 1. The molecule has 1 unspecified atom stereocenters. The number of carbonyl (C=O) groups is 1. The molecule has 0 spiro atoms. The smallest absolute Gasteiger partial charge is 0.318 e. The second kappa shape index (κ2) is 5.50. The zero-order valence-corrected chi connectivity index (χ0v) is 11.5. The second-order valence-electron chi connectivity index (χ2n) is 4.89. The first-order valence-corrected chi connectivity index (χ1v) is 6.99. The molecule has 6 heteroatoms. The van der Waals surface area contributed by atoms with E-state index < -0.39 is 0 Å². The third-order valence-electron chi connectivity index (χ3n) is 3.56. The van der Waals surface area contributed by atoms with Gasteiger partial charge in [-0.3, -0.25) is 0 Å². The Morgan fingerprint density at radius 2 is 2.35 bits per heavy atom. The molecule has 1 fully saturated rings. The lowest BCUT2D eigenvalue weighted by Crippen LogP contribution is -2.52. The van der Waals surface area contributed by atoms with E-state index in [2.05, 4.69) is 20.6 Å². The van der Waals surface area contributed by atoms with Crippen LogP contribution < -0.4 is 10.6 Å². The van der Waals surface area contributed by atoms with Gasteiger partial charge in [-0.25, -0.2) is 9.78 Å². The third-order valence-corrected chi connectivity index (χ3v) is 3.56. The Bertz CT molecular complexity index is 575. The summed E-state index contributed by atoms with van der Waals surface area (Å²) in [7, 11) is 0. The molecule has 0 saturated carbocycles. The summed E-state index contributed by atoms with van der Waals surface area (Å²) in [6.45, 7) is 4.78. The zero-order valence-electron chi connectivity index (χ0n) is 11.5. The molecule has 20 heavy (non-hydrogen) atoms. The Morgan fingerprint density at radius 1 is 1.50 bits per heavy atom. The Morgan fingerprint density at radius 3 is 3.15 bits per heavy atom. The summed E-state index contributed by atoms with van der Waals surface area (Å²) in [5.74, 6) is 0.838. The predicted molar refractivity (Wildman–Crippen MR) is 77.5 cm³/mol. The molecule has 1 aliphatic heterocycles. The number of hydrogen-bond donors (Lipinski definition) is 3. The fourth-order valence-electron chi connectivity index (χ4n) is 2.57. The maximum Gasteiger partial charge on any atom is 0.318 e. The van der Waals surface area contributed by atoms with E-state index in [1.165, 1.54) is 0 Å². The van der Waals surface area contributed by atoms with Crippen molar-refractivity contribution in [1.82, 2.24) is 25.5 Å². The Balaban J connectivity index is 1.90. The SMILES string of the molecule is CCNC(=O)N1CCNCC1c1nc2ccccc2[nH]1. The highest BCUT2D eigenvalue weighted by Gasteiger charge is 2.29. The summed E-state index contributed by atoms with van der Waals surface area (Å²) >= 11 is 0. The normalized spacial score (nSPS) is 19.2. The minimum Gasteiger partial charge on any atom is -0.340 e. The van der Waals surface area contributed by atoms with Crippen LogP contribution in [0.3, 0.4) is 0 Å². The first-order valence-electron chi connectivity index (χ1n) is 6.99. The first kappa shape index (κ1) is 12.9. The highest BCUT2D eigenvalue weighted by molar-refractivity contribution is 5.76. The molecule has 2 heterocycles. The quantitative estimate of drug-likeness (QED) is 0.771. The topological polar surface area (TPSA) is 73.1 Å². The van der Waals surface area contributed by atoms with Crippen molar-refractivity contribution in [1.29, 1.82) is 0 Å². The second-order valence-corrected chi connectivity index (χ2v) is 4.89. The fraction of sp³-hybridized carbons (Fsp3) is 0.429. The van der Waals surface area contributed by atoms with E-state index in [0.717, 1.165) is 29.9 Å². The summed E-state index contributed by atoms with van der Waals surface area (Å²) in [6, 6.07) is 7.83. The molecule has 106 valence electrons. The molecule has 1 aliphatic rings. The van der Waals surface area contributed by atoms with Gasteiger partial charge in [0.1, 0.15) is 11.9 Å². The van der Waals surface area contributed by atoms with Crippen LogP contribution in [-0.4, -0.2) is 47.1 Å². The monoisotopic (exact) mass is 273 g/mol. The average Bonchev–Trinajstić information content (AvgIpc) is 2.91. The summed E-state index contributed by atoms with van der Waals surface area (Å²) < 4.78 is 0. The van der Waals surface area contributed by atoms with E-state index in [1.54, 1.807) is 0 Å². The molecule has 0 bridgehead atoms. The standard InChI is InChI=1S/C14H19N5O/c1-2-16-14(20)19-8-7-15-9-12(19)13-17-10-5-3-4-6-11(10)18-13/h3-6,12,15H,2,7-9H2,1H3,(H,16,20)(H,17,18). The van der Waals surface area contributed by atoms with E-state index >= 15 is 0 Å². The van der Waals surface area contributed by atoms with Crippen molar-refractivity contribution < 1.29 is 4.79 Å². The number of aromatic amines is 1. The Hall–Kier alpha value is -2.08. The number of amides is 2. The number of nitrogens with one attached hydrogen (secondary N) is 3. The Kier molecular flexibility index (Phi) is 3.56. The van der Waals surface area contributed by atoms with Crippen LogP contribution in [-0.2, 0) is 0 Å². The number of imidazole rings is 1. The van der Waals surface area contributed by atoms with Crippen molar-refractivity contribution in [3.8, 4) is 0 Å². The number of urea groups is 1. The lowest BCUT2D eigenvalue weighted by Gasteiger charge is -2.34. The summed E-state index contributed by atoms with van der Waals surface area (Å²) in [4.78, 5) is 21.9. The number of rotatable bonds is 2. The fourth-order valence-corrected chi connectivity index (χ4v) is 2.57. The van der Waals surface area contributed by atoms with Crippen LogP contribution in [0.2, 0.25) is 0 Å². The van der Waals surface area contributed by atoms with E-state index in [1.807, 2.05) is 36.1 Å². The third kappa shape index (κ3) is 2.34. The minimum atomic E-state index is -0.0531. The van der Waals surface area contributed by atoms with Gasteiger partial charge in [0, 0.05) is 26.2 Å². The van der Waals surface area contributed by atoms with Crippen molar-refractivity contribution in [3.63, 3.8) is 0 Å². The lowest BCUT2D eigenvalue weighted by atomic mass is 10.2. The van der Waals surface area contributed by atoms with Crippen molar-refractivity contribution in [2.45, 2.75) is 13.0 Å². The van der Waals surface area contributed by atoms with E-state index in [9.17, 15) is 4.79 Å². The molecule has 3 N–H and O–H groups in total. The number of nitrogens with zero attached hydrogens (tertiary/aromatic N) is 2. The molecular formula is C14H19N5O. The van der Waals surface area contributed by atoms with Crippen molar-refractivity contribution in [3.05, 3.63) is 30.1 Å². The van der Waals surface area contributed by atoms with Gasteiger partial charge in [0.05, 0.1) is 11.0 Å². The molecule has 1 atom stereocenters. The lowest BCUT2D eigenvalue weighted by molar-refractivity contribution is 0.156. The van der Waals surface area contributed by atoms with Crippen LogP contribution in [0.5, 0.6) is 0 Å². The van der Waals surface area contributed by atoms with Gasteiger partial charge in [0.2, 0.25) is 0 Å². The van der Waals surface area contributed by atoms with E-state index in [4.69, 9.17) is 0 Å². The summed E-state index contributed by atoms with van der Waals surface area (Å²) in [5, 5.41) is 6.19.